The maximum Gasteiger partial charge on any atom is 0.161 e. The van der Waals surface area contributed by atoms with Crippen LogP contribution in [-0.2, 0) is 6.42 Å². The number of unbranched alkanes of at least 4 members (excludes halogenated alkanes) is 1. The maximum atomic E-state index is 5.38. The van der Waals surface area contributed by atoms with Crippen LogP contribution in [0.4, 0.5) is 0 Å². The van der Waals surface area contributed by atoms with Crippen LogP contribution in [0.5, 0.6) is 11.5 Å². The second kappa shape index (κ2) is 6.37. The fraction of sp³-hybridized carbons (Fsp3) is 0.600. The first kappa shape index (κ1) is 13.6. The van der Waals surface area contributed by atoms with Crippen molar-refractivity contribution in [3.05, 3.63) is 17.7 Å². The molecule has 0 saturated heterocycles. The van der Waals surface area contributed by atoms with Gasteiger partial charge < -0.3 is 9.47 Å². The molecular weight excluding hydrogens is 244 g/mol. The van der Waals surface area contributed by atoms with Crippen LogP contribution >= 0.6 is 11.8 Å². The molecule has 0 bridgehead atoms. The molecule has 2 nitrogen and oxygen atoms in total. The monoisotopic (exact) mass is 266 g/mol. The molecule has 1 unspecified atom stereocenters. The normalized spacial score (nSPS) is 18.3. The Labute approximate surface area is 114 Å². The Bertz CT molecular complexity index is 404. The molecule has 1 heterocycles. The number of hydrogen-bond acceptors (Lipinski definition) is 3. The van der Waals surface area contributed by atoms with Crippen LogP contribution in [0, 0.1) is 0 Å². The summed E-state index contributed by atoms with van der Waals surface area (Å²) in [6, 6.07) is 4.27. The van der Waals surface area contributed by atoms with E-state index in [1.54, 1.807) is 14.2 Å². The number of fused-ring (bicyclic) bond motifs is 1. The lowest BCUT2D eigenvalue weighted by Gasteiger charge is -2.25. The number of rotatable bonds is 5. The van der Waals surface area contributed by atoms with Crippen molar-refractivity contribution in [3.63, 3.8) is 0 Å². The van der Waals surface area contributed by atoms with Crippen LogP contribution in [0.15, 0.2) is 17.0 Å². The number of benzene rings is 1. The smallest absolute Gasteiger partial charge is 0.161 e. The fourth-order valence-corrected chi connectivity index (χ4v) is 3.76. The molecule has 18 heavy (non-hydrogen) atoms. The van der Waals surface area contributed by atoms with Crippen LogP contribution in [0.1, 0.15) is 38.2 Å². The number of ether oxygens (including phenoxy) is 2. The fourth-order valence-electron chi connectivity index (χ4n) is 2.40. The van der Waals surface area contributed by atoms with Crippen molar-refractivity contribution in [1.29, 1.82) is 0 Å². The van der Waals surface area contributed by atoms with Crippen molar-refractivity contribution in [3.8, 4) is 11.5 Å². The summed E-state index contributed by atoms with van der Waals surface area (Å²) in [7, 11) is 3.40. The first-order valence-electron chi connectivity index (χ1n) is 6.70. The Morgan fingerprint density at radius 1 is 1.22 bits per heavy atom. The molecule has 3 heteroatoms. The summed E-state index contributed by atoms with van der Waals surface area (Å²) >= 11 is 2.01. The first-order chi connectivity index (χ1) is 8.78. The van der Waals surface area contributed by atoms with Crippen molar-refractivity contribution in [2.45, 2.75) is 49.2 Å². The van der Waals surface area contributed by atoms with Gasteiger partial charge in [0.25, 0.3) is 0 Å². The lowest BCUT2D eigenvalue weighted by atomic mass is 10.0. The van der Waals surface area contributed by atoms with Gasteiger partial charge in [-0.15, -0.1) is 11.8 Å². The molecule has 1 aliphatic rings. The number of thioether (sulfide) groups is 1. The second-order valence-corrected chi connectivity index (χ2v) is 6.08. The predicted molar refractivity (Wildman–Crippen MR) is 77.0 cm³/mol. The van der Waals surface area contributed by atoms with Gasteiger partial charge in [-0.2, -0.15) is 0 Å². The van der Waals surface area contributed by atoms with E-state index in [0.29, 0.717) is 0 Å². The van der Waals surface area contributed by atoms with Gasteiger partial charge in [0.2, 0.25) is 0 Å². The van der Waals surface area contributed by atoms with Gasteiger partial charge in [0.15, 0.2) is 11.5 Å². The van der Waals surface area contributed by atoms with E-state index in [9.17, 15) is 0 Å². The average Bonchev–Trinajstić information content (AvgIpc) is 2.43. The maximum absolute atomic E-state index is 5.38. The van der Waals surface area contributed by atoms with Crippen molar-refractivity contribution >= 4 is 11.8 Å². The highest BCUT2D eigenvalue weighted by Gasteiger charge is 2.21. The summed E-state index contributed by atoms with van der Waals surface area (Å²) in [4.78, 5) is 1.38. The summed E-state index contributed by atoms with van der Waals surface area (Å²) in [6.07, 6.45) is 6.40. The minimum atomic E-state index is 0.774. The average molecular weight is 266 g/mol. The largest absolute Gasteiger partial charge is 0.493 e. The molecule has 0 aliphatic carbocycles. The SMILES string of the molecule is CCCCC1CCc2cc(OC)c(OC)cc2S1. The van der Waals surface area contributed by atoms with E-state index in [0.717, 1.165) is 23.2 Å². The van der Waals surface area contributed by atoms with E-state index in [2.05, 4.69) is 19.1 Å². The third-order valence-electron chi connectivity index (χ3n) is 3.48. The first-order valence-corrected chi connectivity index (χ1v) is 7.58. The van der Waals surface area contributed by atoms with Crippen LogP contribution in [0.3, 0.4) is 0 Å². The highest BCUT2D eigenvalue weighted by molar-refractivity contribution is 8.00. The summed E-state index contributed by atoms with van der Waals surface area (Å²) in [5.41, 5.74) is 1.41. The molecule has 0 fully saturated rings. The van der Waals surface area contributed by atoms with Crippen molar-refractivity contribution < 1.29 is 9.47 Å². The minimum Gasteiger partial charge on any atom is -0.493 e. The van der Waals surface area contributed by atoms with E-state index in [1.165, 1.54) is 36.1 Å². The van der Waals surface area contributed by atoms with Crippen molar-refractivity contribution in [2.24, 2.45) is 0 Å². The molecule has 100 valence electrons. The Kier molecular flexibility index (Phi) is 4.81. The molecule has 1 aromatic rings. The third-order valence-corrected chi connectivity index (χ3v) is 4.91. The van der Waals surface area contributed by atoms with Crippen molar-refractivity contribution in [1.82, 2.24) is 0 Å². The van der Waals surface area contributed by atoms with Gasteiger partial charge in [-0.05, 0) is 37.0 Å². The third kappa shape index (κ3) is 2.94. The lowest BCUT2D eigenvalue weighted by molar-refractivity contribution is 0.353. The molecule has 0 radical (unpaired) electrons. The highest BCUT2D eigenvalue weighted by atomic mass is 32.2. The standard InChI is InChI=1S/C15H22O2S/c1-4-5-6-12-8-7-11-9-13(16-2)14(17-3)10-15(11)18-12/h9-10,12H,4-8H2,1-3H3. The van der Waals surface area contributed by atoms with Crippen LogP contribution < -0.4 is 9.47 Å². The van der Waals surface area contributed by atoms with E-state index in [-0.39, 0.29) is 0 Å². The Morgan fingerprint density at radius 3 is 2.61 bits per heavy atom. The van der Waals surface area contributed by atoms with E-state index in [4.69, 9.17) is 9.47 Å². The summed E-state index contributed by atoms with van der Waals surface area (Å²) in [5.74, 6) is 1.70. The quantitative estimate of drug-likeness (QED) is 0.791. The molecule has 1 aliphatic heterocycles. The van der Waals surface area contributed by atoms with E-state index in [1.807, 2.05) is 11.8 Å². The predicted octanol–water partition coefficient (Wildman–Crippen LogP) is 4.30. The Hall–Kier alpha value is -0.830. The molecule has 0 N–H and O–H groups in total. The molecule has 0 saturated carbocycles. The summed E-state index contributed by atoms with van der Waals surface area (Å²) in [5, 5.41) is 0.774. The zero-order valence-corrected chi connectivity index (χ0v) is 12.3. The van der Waals surface area contributed by atoms with Gasteiger partial charge in [0.05, 0.1) is 14.2 Å². The summed E-state index contributed by atoms with van der Waals surface area (Å²) in [6.45, 7) is 2.26. The molecular formula is C15H22O2S. The van der Waals surface area contributed by atoms with Crippen molar-refractivity contribution in [2.75, 3.05) is 14.2 Å². The van der Waals surface area contributed by atoms with Crippen LogP contribution in [0.25, 0.3) is 0 Å². The number of aryl methyl sites for hydroxylation is 1. The molecule has 1 atom stereocenters. The molecule has 0 spiro atoms. The van der Waals surface area contributed by atoms with Gasteiger partial charge in [0.1, 0.15) is 0 Å². The Morgan fingerprint density at radius 2 is 1.94 bits per heavy atom. The van der Waals surface area contributed by atoms with Gasteiger partial charge >= 0.3 is 0 Å². The van der Waals surface area contributed by atoms with E-state index < -0.39 is 0 Å². The highest BCUT2D eigenvalue weighted by Crippen LogP contribution is 2.42. The zero-order chi connectivity index (χ0) is 13.0. The molecule has 0 aromatic heterocycles. The number of hydrogen-bond donors (Lipinski definition) is 0. The summed E-state index contributed by atoms with van der Waals surface area (Å²) < 4.78 is 10.7. The second-order valence-electron chi connectivity index (χ2n) is 4.74. The zero-order valence-electron chi connectivity index (χ0n) is 11.5. The lowest BCUT2D eigenvalue weighted by Crippen LogP contribution is -2.11. The topological polar surface area (TPSA) is 18.5 Å². The van der Waals surface area contributed by atoms with Crippen LogP contribution in [0.2, 0.25) is 0 Å². The molecule has 1 aromatic carbocycles. The van der Waals surface area contributed by atoms with Gasteiger partial charge in [-0.3, -0.25) is 0 Å². The van der Waals surface area contributed by atoms with E-state index >= 15 is 0 Å². The molecule has 2 rings (SSSR count). The van der Waals surface area contributed by atoms with Gasteiger partial charge in [-0.1, -0.05) is 19.8 Å². The van der Waals surface area contributed by atoms with Gasteiger partial charge in [0, 0.05) is 10.1 Å². The molecule has 0 amide bonds. The van der Waals surface area contributed by atoms with Crippen LogP contribution in [-0.4, -0.2) is 19.5 Å². The van der Waals surface area contributed by atoms with Gasteiger partial charge in [-0.25, -0.2) is 0 Å². The minimum absolute atomic E-state index is 0.774. The Balaban J connectivity index is 2.16. The number of methoxy groups -OCH3 is 2.